The van der Waals surface area contributed by atoms with Gasteiger partial charge in [-0.15, -0.1) is 11.3 Å². The van der Waals surface area contributed by atoms with Gasteiger partial charge in [0, 0.05) is 29.4 Å². The van der Waals surface area contributed by atoms with Crippen LogP contribution in [0.1, 0.15) is 28.6 Å². The van der Waals surface area contributed by atoms with Crippen molar-refractivity contribution in [2.24, 2.45) is 0 Å². The van der Waals surface area contributed by atoms with Gasteiger partial charge in [0.15, 0.2) is 0 Å². The Hall–Kier alpha value is -1.27. The molecule has 0 bridgehead atoms. The van der Waals surface area contributed by atoms with Crippen LogP contribution in [-0.4, -0.2) is 47.0 Å². The zero-order chi connectivity index (χ0) is 15.1. The van der Waals surface area contributed by atoms with Crippen molar-refractivity contribution in [1.82, 2.24) is 4.90 Å². The van der Waals surface area contributed by atoms with E-state index in [0.717, 1.165) is 23.1 Å². The number of carboxylic acid groups (broad SMARTS) is 1. The van der Waals surface area contributed by atoms with Crippen LogP contribution >= 0.6 is 23.1 Å². The highest BCUT2D eigenvalue weighted by Gasteiger charge is 2.18. The van der Waals surface area contributed by atoms with Gasteiger partial charge in [0.05, 0.1) is 5.56 Å². The SMILES string of the molecule is CSCCC(C)N(C)C(=O)c1csc(/C=C/C(=O)O)c1. The van der Waals surface area contributed by atoms with E-state index in [2.05, 4.69) is 6.26 Å². The van der Waals surface area contributed by atoms with E-state index >= 15 is 0 Å². The molecule has 0 aliphatic rings. The molecule has 0 saturated heterocycles. The van der Waals surface area contributed by atoms with Crippen molar-refractivity contribution in [3.63, 3.8) is 0 Å². The number of carbonyl (C=O) groups excluding carboxylic acids is 1. The molecule has 0 spiro atoms. The number of nitrogens with zero attached hydrogens (tertiary/aromatic N) is 1. The Kier molecular flexibility index (Phi) is 6.81. The zero-order valence-corrected chi connectivity index (χ0v) is 13.5. The van der Waals surface area contributed by atoms with E-state index in [-0.39, 0.29) is 11.9 Å². The first-order chi connectivity index (χ1) is 9.45. The summed E-state index contributed by atoms with van der Waals surface area (Å²) in [6, 6.07) is 1.91. The Morgan fingerprint density at radius 2 is 2.25 bits per heavy atom. The van der Waals surface area contributed by atoms with Crippen molar-refractivity contribution in [2.75, 3.05) is 19.1 Å². The fourth-order valence-corrected chi connectivity index (χ4v) is 2.94. The Morgan fingerprint density at radius 1 is 1.55 bits per heavy atom. The molecule has 0 aromatic carbocycles. The maximum absolute atomic E-state index is 12.3. The minimum Gasteiger partial charge on any atom is -0.478 e. The van der Waals surface area contributed by atoms with Crippen LogP contribution in [0.4, 0.5) is 0 Å². The fourth-order valence-electron chi connectivity index (χ4n) is 1.59. The molecular formula is C14H19NO3S2. The topological polar surface area (TPSA) is 57.6 Å². The lowest BCUT2D eigenvalue weighted by atomic mass is 10.2. The van der Waals surface area contributed by atoms with Crippen molar-refractivity contribution >= 4 is 41.1 Å². The van der Waals surface area contributed by atoms with E-state index in [1.807, 2.05) is 6.92 Å². The molecule has 1 heterocycles. The van der Waals surface area contributed by atoms with Gasteiger partial charge in [0.25, 0.3) is 5.91 Å². The van der Waals surface area contributed by atoms with Gasteiger partial charge in [-0.2, -0.15) is 11.8 Å². The Morgan fingerprint density at radius 3 is 2.85 bits per heavy atom. The summed E-state index contributed by atoms with van der Waals surface area (Å²) >= 11 is 3.13. The van der Waals surface area contributed by atoms with Gasteiger partial charge in [-0.25, -0.2) is 4.79 Å². The van der Waals surface area contributed by atoms with E-state index in [0.29, 0.717) is 5.56 Å². The van der Waals surface area contributed by atoms with Gasteiger partial charge >= 0.3 is 5.97 Å². The summed E-state index contributed by atoms with van der Waals surface area (Å²) < 4.78 is 0. The lowest BCUT2D eigenvalue weighted by Crippen LogP contribution is -2.35. The van der Waals surface area contributed by atoms with Crippen LogP contribution in [0.2, 0.25) is 0 Å². The molecule has 0 aliphatic heterocycles. The molecule has 1 aromatic heterocycles. The van der Waals surface area contributed by atoms with Gasteiger partial charge in [0.1, 0.15) is 0 Å². The van der Waals surface area contributed by atoms with Crippen LogP contribution in [0.25, 0.3) is 6.08 Å². The third-order valence-corrected chi connectivity index (χ3v) is 4.52. The summed E-state index contributed by atoms with van der Waals surface area (Å²) in [6.45, 7) is 2.03. The quantitative estimate of drug-likeness (QED) is 0.786. The van der Waals surface area contributed by atoms with E-state index in [1.165, 1.54) is 17.4 Å². The van der Waals surface area contributed by atoms with Gasteiger partial charge in [-0.3, -0.25) is 4.79 Å². The molecule has 0 aliphatic carbocycles. The fraction of sp³-hybridized carbons (Fsp3) is 0.429. The maximum Gasteiger partial charge on any atom is 0.328 e. The van der Waals surface area contributed by atoms with Crippen LogP contribution in [-0.2, 0) is 4.79 Å². The molecule has 4 nitrogen and oxygen atoms in total. The second-order valence-corrected chi connectivity index (χ2v) is 6.38. The third-order valence-electron chi connectivity index (χ3n) is 2.98. The molecule has 0 saturated carbocycles. The summed E-state index contributed by atoms with van der Waals surface area (Å²) in [7, 11) is 1.80. The Balaban J connectivity index is 2.70. The number of rotatable bonds is 7. The third kappa shape index (κ3) is 5.02. The van der Waals surface area contributed by atoms with E-state index < -0.39 is 5.97 Å². The molecule has 110 valence electrons. The first-order valence-electron chi connectivity index (χ1n) is 6.21. The summed E-state index contributed by atoms with van der Waals surface area (Å²) in [5.41, 5.74) is 0.610. The smallest absolute Gasteiger partial charge is 0.328 e. The standard InChI is InChI=1S/C14H19NO3S2/c1-10(6-7-19-3)15(2)14(18)11-8-12(20-9-11)4-5-13(16)17/h4-5,8-10H,6-7H2,1-3H3,(H,16,17)/b5-4+. The molecular weight excluding hydrogens is 294 g/mol. The monoisotopic (exact) mass is 313 g/mol. The summed E-state index contributed by atoms with van der Waals surface area (Å²) in [6.07, 6.45) is 5.58. The number of carbonyl (C=O) groups is 2. The predicted molar refractivity (Wildman–Crippen MR) is 85.5 cm³/mol. The molecule has 0 radical (unpaired) electrons. The van der Waals surface area contributed by atoms with Crippen LogP contribution in [0.3, 0.4) is 0 Å². The first kappa shape index (κ1) is 16.8. The Labute approximate surface area is 127 Å². The van der Waals surface area contributed by atoms with Gasteiger partial charge in [-0.1, -0.05) is 0 Å². The molecule has 20 heavy (non-hydrogen) atoms. The zero-order valence-electron chi connectivity index (χ0n) is 11.8. The molecule has 1 aromatic rings. The highest BCUT2D eigenvalue weighted by atomic mass is 32.2. The van der Waals surface area contributed by atoms with Crippen LogP contribution in [0.15, 0.2) is 17.5 Å². The molecule has 1 rings (SSSR count). The van der Waals surface area contributed by atoms with Gasteiger partial charge < -0.3 is 10.0 Å². The van der Waals surface area contributed by atoms with Crippen molar-refractivity contribution < 1.29 is 14.7 Å². The van der Waals surface area contributed by atoms with Crippen LogP contribution in [0, 0.1) is 0 Å². The van der Waals surface area contributed by atoms with E-state index in [1.54, 1.807) is 35.2 Å². The number of aliphatic carboxylic acids is 1. The average Bonchev–Trinajstić information content (AvgIpc) is 2.89. The maximum atomic E-state index is 12.3. The molecule has 1 atom stereocenters. The summed E-state index contributed by atoms with van der Waals surface area (Å²) in [5, 5.41) is 10.3. The summed E-state index contributed by atoms with van der Waals surface area (Å²) in [5.74, 6) is 0.00794. The number of carboxylic acids is 1. The minimum absolute atomic E-state index is 0.0233. The predicted octanol–water partition coefficient (Wildman–Crippen LogP) is 3.06. The van der Waals surface area contributed by atoms with Crippen molar-refractivity contribution in [1.29, 1.82) is 0 Å². The number of hydrogen-bond donors (Lipinski definition) is 1. The molecule has 1 amide bonds. The normalized spacial score (nSPS) is 12.6. The lowest BCUT2D eigenvalue weighted by Gasteiger charge is -2.24. The number of amides is 1. The molecule has 1 unspecified atom stereocenters. The average molecular weight is 313 g/mol. The lowest BCUT2D eigenvalue weighted by molar-refractivity contribution is -0.131. The highest BCUT2D eigenvalue weighted by Crippen LogP contribution is 2.19. The largest absolute Gasteiger partial charge is 0.478 e. The van der Waals surface area contributed by atoms with Crippen LogP contribution in [0.5, 0.6) is 0 Å². The van der Waals surface area contributed by atoms with Crippen molar-refractivity contribution in [3.8, 4) is 0 Å². The number of thiophene rings is 1. The second kappa shape index (κ2) is 8.11. The molecule has 6 heteroatoms. The molecule has 0 fully saturated rings. The number of thioether (sulfide) groups is 1. The summed E-state index contributed by atoms with van der Waals surface area (Å²) in [4.78, 5) is 25.2. The number of hydrogen-bond acceptors (Lipinski definition) is 4. The second-order valence-electron chi connectivity index (χ2n) is 4.46. The molecule has 1 N–H and O–H groups in total. The van der Waals surface area contributed by atoms with E-state index in [4.69, 9.17) is 5.11 Å². The minimum atomic E-state index is -0.992. The van der Waals surface area contributed by atoms with Crippen molar-refractivity contribution in [3.05, 3.63) is 28.0 Å². The van der Waals surface area contributed by atoms with Crippen LogP contribution < -0.4 is 0 Å². The van der Waals surface area contributed by atoms with E-state index in [9.17, 15) is 9.59 Å². The van der Waals surface area contributed by atoms with Gasteiger partial charge in [-0.05, 0) is 37.5 Å². The Bertz CT molecular complexity index is 496. The van der Waals surface area contributed by atoms with Crippen molar-refractivity contribution in [2.45, 2.75) is 19.4 Å². The highest BCUT2D eigenvalue weighted by molar-refractivity contribution is 7.98. The first-order valence-corrected chi connectivity index (χ1v) is 8.48. The van der Waals surface area contributed by atoms with Gasteiger partial charge in [0.2, 0.25) is 0 Å².